The first kappa shape index (κ1) is 25.1. The molecule has 0 aromatic carbocycles. The quantitative estimate of drug-likeness (QED) is 0.172. The van der Waals surface area contributed by atoms with Crippen LogP contribution in [0.1, 0.15) is 19.8 Å². The fourth-order valence-corrected chi connectivity index (χ4v) is 2.60. The zero-order valence-electron chi connectivity index (χ0n) is 15.0. The van der Waals surface area contributed by atoms with Crippen molar-refractivity contribution in [3.63, 3.8) is 0 Å². The van der Waals surface area contributed by atoms with Gasteiger partial charge >= 0.3 is 11.9 Å². The highest BCUT2D eigenvalue weighted by atomic mass is 32.2. The molecule has 0 aromatic rings. The lowest BCUT2D eigenvalue weighted by Gasteiger charge is -2.21. The highest BCUT2D eigenvalue weighted by Crippen LogP contribution is 2.10. The van der Waals surface area contributed by atoms with Crippen molar-refractivity contribution in [1.82, 2.24) is 10.6 Å². The Kier molecular flexibility index (Phi) is 11.6. The van der Waals surface area contributed by atoms with E-state index >= 15 is 0 Å². The van der Waals surface area contributed by atoms with Gasteiger partial charge in [-0.3, -0.25) is 9.59 Å². The van der Waals surface area contributed by atoms with Crippen molar-refractivity contribution in [3.05, 3.63) is 0 Å². The van der Waals surface area contributed by atoms with Crippen LogP contribution in [-0.4, -0.2) is 92.2 Å². The summed E-state index contributed by atoms with van der Waals surface area (Å²) < 4.78 is 0. The number of aliphatic hydroxyl groups excluding tert-OH is 3. The zero-order valence-corrected chi connectivity index (χ0v) is 15.8. The van der Waals surface area contributed by atoms with E-state index in [-0.39, 0.29) is 18.6 Å². The van der Waals surface area contributed by atoms with Gasteiger partial charge in [-0.1, -0.05) is 6.92 Å². The van der Waals surface area contributed by atoms with Crippen molar-refractivity contribution in [2.24, 2.45) is 5.92 Å². The summed E-state index contributed by atoms with van der Waals surface area (Å²) >= 11 is 1.24. The van der Waals surface area contributed by atoms with Crippen molar-refractivity contribution in [3.8, 4) is 0 Å². The third-order valence-corrected chi connectivity index (χ3v) is 4.39. The van der Waals surface area contributed by atoms with E-state index in [4.69, 9.17) is 15.3 Å². The van der Waals surface area contributed by atoms with Gasteiger partial charge in [0.05, 0.1) is 0 Å². The van der Waals surface area contributed by atoms with Gasteiger partial charge in [-0.15, -0.1) is 0 Å². The van der Waals surface area contributed by atoms with E-state index in [2.05, 4.69) is 10.6 Å². The van der Waals surface area contributed by atoms with Gasteiger partial charge in [-0.25, -0.2) is 9.59 Å². The van der Waals surface area contributed by atoms with Gasteiger partial charge in [0.1, 0.15) is 18.2 Å². The second kappa shape index (κ2) is 12.5. The minimum atomic E-state index is -2.21. The molecule has 4 unspecified atom stereocenters. The van der Waals surface area contributed by atoms with E-state index in [1.54, 1.807) is 13.2 Å². The van der Waals surface area contributed by atoms with E-state index in [1.165, 1.54) is 11.8 Å². The van der Waals surface area contributed by atoms with Crippen LogP contribution < -0.4 is 10.6 Å². The molecule has 0 saturated heterocycles. The van der Waals surface area contributed by atoms with Crippen LogP contribution in [0.3, 0.4) is 0 Å². The summed E-state index contributed by atoms with van der Waals surface area (Å²) in [5.41, 5.74) is 0. The van der Waals surface area contributed by atoms with Crippen LogP contribution in [0.15, 0.2) is 0 Å². The van der Waals surface area contributed by atoms with Gasteiger partial charge in [0, 0.05) is 24.6 Å². The third-order valence-electron chi connectivity index (χ3n) is 3.72. The molecule has 2 amide bonds. The Labute approximate surface area is 160 Å². The third kappa shape index (κ3) is 9.04. The molecule has 0 aliphatic carbocycles. The highest BCUT2D eigenvalue weighted by Gasteiger charge is 2.31. The molecule has 0 aliphatic rings. The fraction of sp³-hybridized carbons (Fsp3) is 0.733. The molecular formula is C15H26N2O9S. The fourth-order valence-electron chi connectivity index (χ4n) is 2.04. The second-order valence-electron chi connectivity index (χ2n) is 5.81. The molecule has 0 radical (unpaired) electrons. The number of nitrogens with one attached hydrogen (secondary N) is 2. The van der Waals surface area contributed by atoms with Crippen LogP contribution >= 0.6 is 11.8 Å². The molecule has 0 fully saturated rings. The molecule has 0 heterocycles. The van der Waals surface area contributed by atoms with E-state index in [0.717, 1.165) is 0 Å². The molecule has 0 aromatic heterocycles. The maximum Gasteiger partial charge on any atom is 0.335 e. The number of aliphatic hydroxyl groups is 3. The molecule has 0 spiro atoms. The average molecular weight is 410 g/mol. The Morgan fingerprint density at radius 2 is 1.63 bits per heavy atom. The summed E-state index contributed by atoms with van der Waals surface area (Å²) in [5.74, 6) is -4.82. The summed E-state index contributed by atoms with van der Waals surface area (Å²) in [5, 5.41) is 50.3. The van der Waals surface area contributed by atoms with Crippen molar-refractivity contribution in [2.75, 3.05) is 18.6 Å². The van der Waals surface area contributed by atoms with Crippen LogP contribution in [0.2, 0.25) is 0 Å². The van der Waals surface area contributed by atoms with Gasteiger partial charge in [-0.05, 0) is 12.7 Å². The predicted molar refractivity (Wildman–Crippen MR) is 95.0 cm³/mol. The molecule has 27 heavy (non-hydrogen) atoms. The van der Waals surface area contributed by atoms with Crippen LogP contribution in [0.5, 0.6) is 0 Å². The van der Waals surface area contributed by atoms with Crippen LogP contribution in [-0.2, 0) is 19.2 Å². The van der Waals surface area contributed by atoms with Crippen LogP contribution in [0.25, 0.3) is 0 Å². The molecule has 156 valence electrons. The van der Waals surface area contributed by atoms with Gasteiger partial charge in [0.25, 0.3) is 0 Å². The molecule has 0 aliphatic heterocycles. The Balaban J connectivity index is 4.61. The van der Waals surface area contributed by atoms with E-state index in [9.17, 15) is 29.4 Å². The number of rotatable bonds is 13. The van der Waals surface area contributed by atoms with Gasteiger partial charge in [-0.2, -0.15) is 11.8 Å². The molecule has 12 heteroatoms. The number of carbonyl (C=O) groups excluding carboxylic acids is 2. The first-order chi connectivity index (χ1) is 12.5. The molecule has 0 rings (SSSR count). The smallest absolute Gasteiger partial charge is 0.335 e. The van der Waals surface area contributed by atoms with Crippen LogP contribution in [0.4, 0.5) is 0 Å². The minimum Gasteiger partial charge on any atom is -0.480 e. The molecular weight excluding hydrogens is 384 g/mol. The van der Waals surface area contributed by atoms with Gasteiger partial charge < -0.3 is 36.2 Å². The largest absolute Gasteiger partial charge is 0.480 e. The summed E-state index contributed by atoms with van der Waals surface area (Å²) in [6.45, 7) is 1.11. The molecule has 11 nitrogen and oxygen atoms in total. The first-order valence-corrected chi connectivity index (χ1v) is 9.50. The summed E-state index contributed by atoms with van der Waals surface area (Å²) in [6, 6.07) is -1.08. The Hall–Kier alpha value is -1.89. The highest BCUT2D eigenvalue weighted by molar-refractivity contribution is 7.98. The number of thioether (sulfide) groups is 1. The predicted octanol–water partition coefficient (Wildman–Crippen LogP) is -2.38. The van der Waals surface area contributed by atoms with Gasteiger partial charge in [0.2, 0.25) is 11.8 Å². The molecule has 5 atom stereocenters. The molecule has 7 N–H and O–H groups in total. The van der Waals surface area contributed by atoms with E-state index in [1.807, 2.05) is 0 Å². The molecule has 0 saturated carbocycles. The Bertz CT molecular complexity index is 531. The number of hydrogen-bond donors (Lipinski definition) is 7. The number of hydrogen-bond acceptors (Lipinski definition) is 8. The Morgan fingerprint density at radius 1 is 1.04 bits per heavy atom. The lowest BCUT2D eigenvalue weighted by Crippen LogP contribution is -2.48. The first-order valence-electron chi connectivity index (χ1n) is 8.10. The average Bonchev–Trinajstić information content (AvgIpc) is 2.61. The number of carboxylic acid groups (broad SMARTS) is 2. The Morgan fingerprint density at radius 3 is 2.07 bits per heavy atom. The summed E-state index contributed by atoms with van der Waals surface area (Å²) in [4.78, 5) is 45.7. The van der Waals surface area contributed by atoms with Crippen molar-refractivity contribution in [1.29, 1.82) is 0 Å². The summed E-state index contributed by atoms with van der Waals surface area (Å²) in [7, 11) is 0. The maximum atomic E-state index is 12.2. The number of carbonyl (C=O) groups is 4. The lowest BCUT2D eigenvalue weighted by molar-refractivity contribution is -0.157. The monoisotopic (exact) mass is 410 g/mol. The lowest BCUT2D eigenvalue weighted by atomic mass is 10.00. The SMILES string of the molecule is CCC(CC(=O)NCC(O)C(O)C(O)C(=O)O)C(=O)N[C@@H](CSC)C(=O)O. The van der Waals surface area contributed by atoms with Gasteiger partial charge in [0.15, 0.2) is 6.10 Å². The van der Waals surface area contributed by atoms with Crippen molar-refractivity contribution < 1.29 is 44.7 Å². The second-order valence-corrected chi connectivity index (χ2v) is 6.72. The zero-order chi connectivity index (χ0) is 21.1. The minimum absolute atomic E-state index is 0.166. The topological polar surface area (TPSA) is 193 Å². The van der Waals surface area contributed by atoms with Crippen molar-refractivity contribution in [2.45, 2.75) is 44.1 Å². The van der Waals surface area contributed by atoms with Crippen LogP contribution in [0, 0.1) is 5.92 Å². The summed E-state index contributed by atoms with van der Waals surface area (Å²) in [6.07, 6.45) is -4.29. The number of carboxylic acids is 2. The maximum absolute atomic E-state index is 12.2. The van der Waals surface area contributed by atoms with E-state index < -0.39 is 60.6 Å². The number of amides is 2. The number of aliphatic carboxylic acids is 2. The standard InChI is InChI=1S/C15H26N2O9S/c1-3-7(13(22)17-8(6-27-2)14(23)24)4-10(19)16-5-9(18)11(20)12(21)15(25)26/h7-9,11-12,18,20-21H,3-6H2,1-2H3,(H,16,19)(H,17,22)(H,23,24)(H,25,26)/t7?,8-,9?,11?,12?/m0/s1. The van der Waals surface area contributed by atoms with E-state index in [0.29, 0.717) is 0 Å². The molecule has 0 bridgehead atoms. The normalized spacial score (nSPS) is 16.5. The van der Waals surface area contributed by atoms with Crippen molar-refractivity contribution >= 4 is 35.5 Å².